The zero-order valence-electron chi connectivity index (χ0n) is 11.1. The van der Waals surface area contributed by atoms with Gasteiger partial charge in [-0.1, -0.05) is 12.1 Å². The van der Waals surface area contributed by atoms with Gasteiger partial charge in [-0.15, -0.1) is 11.8 Å². The molecule has 0 fully saturated rings. The lowest BCUT2D eigenvalue weighted by atomic mass is 10.2. The highest BCUT2D eigenvalue weighted by Crippen LogP contribution is 2.23. The van der Waals surface area contributed by atoms with Gasteiger partial charge in [0.05, 0.1) is 11.4 Å². The Bertz CT molecular complexity index is 649. The van der Waals surface area contributed by atoms with Gasteiger partial charge >= 0.3 is 0 Å². The van der Waals surface area contributed by atoms with Crippen LogP contribution < -0.4 is 11.1 Å². The number of nitrogen functional groups attached to an aromatic ring is 1. The van der Waals surface area contributed by atoms with Crippen LogP contribution in [0.15, 0.2) is 47.4 Å². The first kappa shape index (κ1) is 15.3. The molecule has 0 bridgehead atoms. The van der Waals surface area contributed by atoms with Gasteiger partial charge in [-0.2, -0.15) is 0 Å². The quantitative estimate of drug-likeness (QED) is 0.654. The zero-order valence-corrected chi connectivity index (χ0v) is 11.9. The number of halogens is 2. The maximum absolute atomic E-state index is 13.4. The van der Waals surface area contributed by atoms with Crippen molar-refractivity contribution in [2.75, 3.05) is 16.8 Å². The van der Waals surface area contributed by atoms with Crippen LogP contribution in [-0.4, -0.2) is 11.7 Å². The Morgan fingerprint density at radius 3 is 2.71 bits per heavy atom. The van der Waals surface area contributed by atoms with Gasteiger partial charge in [-0.25, -0.2) is 8.78 Å². The Kier molecular flexibility index (Phi) is 5.16. The fourth-order valence-corrected chi connectivity index (χ4v) is 2.57. The first-order chi connectivity index (χ1) is 10.1. The SMILES string of the molecule is Nc1ccccc1NC(=O)CCSc1cc(F)ccc1F. The summed E-state index contributed by atoms with van der Waals surface area (Å²) in [5, 5.41) is 2.68. The third-order valence-electron chi connectivity index (χ3n) is 2.71. The molecule has 2 rings (SSSR count). The van der Waals surface area contributed by atoms with Crippen molar-refractivity contribution in [3.05, 3.63) is 54.1 Å². The van der Waals surface area contributed by atoms with Crippen LogP contribution in [0.5, 0.6) is 0 Å². The van der Waals surface area contributed by atoms with E-state index in [-0.39, 0.29) is 17.2 Å². The van der Waals surface area contributed by atoms with Crippen molar-refractivity contribution in [2.24, 2.45) is 0 Å². The first-order valence-electron chi connectivity index (χ1n) is 6.28. The number of carbonyl (C=O) groups excluding carboxylic acids is 1. The second kappa shape index (κ2) is 7.08. The molecule has 3 nitrogen and oxygen atoms in total. The van der Waals surface area contributed by atoms with Gasteiger partial charge < -0.3 is 11.1 Å². The molecule has 0 aliphatic rings. The Balaban J connectivity index is 1.85. The number of hydrogen-bond acceptors (Lipinski definition) is 3. The average molecular weight is 308 g/mol. The summed E-state index contributed by atoms with van der Waals surface area (Å²) in [6, 6.07) is 10.2. The van der Waals surface area contributed by atoms with Crippen LogP contribution in [0.2, 0.25) is 0 Å². The Morgan fingerprint density at radius 2 is 1.95 bits per heavy atom. The van der Waals surface area contributed by atoms with E-state index in [1.54, 1.807) is 24.3 Å². The van der Waals surface area contributed by atoms with Gasteiger partial charge in [0.25, 0.3) is 0 Å². The molecule has 2 aromatic rings. The molecule has 0 radical (unpaired) electrons. The molecule has 0 saturated heterocycles. The molecule has 0 spiro atoms. The molecule has 0 unspecified atom stereocenters. The van der Waals surface area contributed by atoms with Gasteiger partial charge in [0, 0.05) is 17.1 Å². The largest absolute Gasteiger partial charge is 0.397 e. The number of amides is 1. The molecule has 0 aliphatic heterocycles. The minimum atomic E-state index is -0.500. The van der Waals surface area contributed by atoms with E-state index >= 15 is 0 Å². The van der Waals surface area contributed by atoms with E-state index in [0.717, 1.165) is 30.0 Å². The molecular formula is C15H14F2N2OS. The molecule has 110 valence electrons. The smallest absolute Gasteiger partial charge is 0.225 e. The summed E-state index contributed by atoms with van der Waals surface area (Å²) in [7, 11) is 0. The zero-order chi connectivity index (χ0) is 15.2. The molecule has 0 saturated carbocycles. The fraction of sp³-hybridized carbons (Fsp3) is 0.133. The highest BCUT2D eigenvalue weighted by molar-refractivity contribution is 7.99. The van der Waals surface area contributed by atoms with Crippen LogP contribution in [0.4, 0.5) is 20.2 Å². The van der Waals surface area contributed by atoms with Gasteiger partial charge in [0.1, 0.15) is 11.6 Å². The highest BCUT2D eigenvalue weighted by atomic mass is 32.2. The molecular weight excluding hydrogens is 294 g/mol. The highest BCUT2D eigenvalue weighted by Gasteiger charge is 2.08. The van der Waals surface area contributed by atoms with Crippen LogP contribution in [0.3, 0.4) is 0 Å². The summed E-state index contributed by atoms with van der Waals surface area (Å²) in [5.41, 5.74) is 6.74. The van der Waals surface area contributed by atoms with Crippen LogP contribution >= 0.6 is 11.8 Å². The van der Waals surface area contributed by atoms with Crippen molar-refractivity contribution in [3.63, 3.8) is 0 Å². The minimum absolute atomic E-state index is 0.176. The van der Waals surface area contributed by atoms with Crippen LogP contribution in [0.25, 0.3) is 0 Å². The second-order valence-corrected chi connectivity index (χ2v) is 5.45. The summed E-state index contributed by atoms with van der Waals surface area (Å²) in [5.74, 6) is -0.870. The van der Waals surface area contributed by atoms with Gasteiger partial charge in [0.2, 0.25) is 5.91 Å². The molecule has 1 amide bonds. The predicted octanol–water partition coefficient (Wildman–Crippen LogP) is 3.67. The van der Waals surface area contributed by atoms with Crippen LogP contribution in [-0.2, 0) is 4.79 Å². The Morgan fingerprint density at radius 1 is 1.19 bits per heavy atom. The van der Waals surface area contributed by atoms with Crippen molar-refractivity contribution < 1.29 is 13.6 Å². The van der Waals surface area contributed by atoms with Crippen LogP contribution in [0, 0.1) is 11.6 Å². The lowest BCUT2D eigenvalue weighted by Gasteiger charge is -2.08. The molecule has 0 aliphatic carbocycles. The number of rotatable bonds is 5. The fourth-order valence-electron chi connectivity index (χ4n) is 1.67. The maximum Gasteiger partial charge on any atom is 0.225 e. The van der Waals surface area contributed by atoms with Crippen molar-refractivity contribution in [1.29, 1.82) is 0 Å². The average Bonchev–Trinajstić information content (AvgIpc) is 2.45. The van der Waals surface area contributed by atoms with Crippen molar-refractivity contribution in [2.45, 2.75) is 11.3 Å². The lowest BCUT2D eigenvalue weighted by molar-refractivity contribution is -0.115. The Hall–Kier alpha value is -2.08. The van der Waals surface area contributed by atoms with E-state index in [1.807, 2.05) is 0 Å². The van der Waals surface area contributed by atoms with Gasteiger partial charge in [-0.05, 0) is 30.3 Å². The molecule has 21 heavy (non-hydrogen) atoms. The number of nitrogens with one attached hydrogen (secondary N) is 1. The monoisotopic (exact) mass is 308 g/mol. The number of anilines is 2. The standard InChI is InChI=1S/C15H14F2N2OS/c16-10-5-6-11(17)14(9-10)21-8-7-15(20)19-13-4-2-1-3-12(13)18/h1-6,9H,7-8,18H2,(H,19,20). The van der Waals surface area contributed by atoms with Crippen molar-refractivity contribution in [3.8, 4) is 0 Å². The van der Waals surface area contributed by atoms with Crippen LogP contribution in [0.1, 0.15) is 6.42 Å². The number of thioether (sulfide) groups is 1. The topological polar surface area (TPSA) is 55.1 Å². The number of nitrogens with two attached hydrogens (primary N) is 1. The third-order valence-corrected chi connectivity index (χ3v) is 3.75. The second-order valence-electron chi connectivity index (χ2n) is 4.31. The normalized spacial score (nSPS) is 10.4. The molecule has 0 aromatic heterocycles. The summed E-state index contributed by atoms with van der Waals surface area (Å²) in [6.45, 7) is 0. The van der Waals surface area contributed by atoms with E-state index in [9.17, 15) is 13.6 Å². The molecule has 3 N–H and O–H groups in total. The summed E-state index contributed by atoms with van der Waals surface area (Å²) in [4.78, 5) is 12.0. The first-order valence-corrected chi connectivity index (χ1v) is 7.27. The summed E-state index contributed by atoms with van der Waals surface area (Å²) in [6.07, 6.45) is 0.176. The van der Waals surface area contributed by atoms with Gasteiger partial charge in [0.15, 0.2) is 0 Å². The minimum Gasteiger partial charge on any atom is -0.397 e. The molecule has 2 aromatic carbocycles. The molecule has 0 heterocycles. The number of para-hydroxylation sites is 2. The molecule has 6 heteroatoms. The van der Waals surface area contributed by atoms with Gasteiger partial charge in [-0.3, -0.25) is 4.79 Å². The predicted molar refractivity (Wildman–Crippen MR) is 81.2 cm³/mol. The summed E-state index contributed by atoms with van der Waals surface area (Å²) >= 11 is 1.10. The van der Waals surface area contributed by atoms with E-state index in [1.165, 1.54) is 0 Å². The number of benzene rings is 2. The Labute approximate surface area is 125 Å². The van der Waals surface area contributed by atoms with Crippen molar-refractivity contribution >= 4 is 29.0 Å². The number of hydrogen-bond donors (Lipinski definition) is 2. The maximum atomic E-state index is 13.4. The summed E-state index contributed by atoms with van der Waals surface area (Å²) < 4.78 is 26.4. The van der Waals surface area contributed by atoms with E-state index in [0.29, 0.717) is 17.1 Å². The number of carbonyl (C=O) groups is 1. The third kappa shape index (κ3) is 4.46. The van der Waals surface area contributed by atoms with Crippen molar-refractivity contribution in [1.82, 2.24) is 0 Å². The van der Waals surface area contributed by atoms with E-state index < -0.39 is 11.6 Å². The van der Waals surface area contributed by atoms with E-state index in [2.05, 4.69) is 5.32 Å². The van der Waals surface area contributed by atoms with E-state index in [4.69, 9.17) is 5.73 Å². The molecule has 0 atom stereocenters. The lowest BCUT2D eigenvalue weighted by Crippen LogP contribution is -2.13.